The van der Waals surface area contributed by atoms with Crippen molar-refractivity contribution in [1.82, 2.24) is 4.98 Å². The first-order chi connectivity index (χ1) is 9.08. The summed E-state index contributed by atoms with van der Waals surface area (Å²) in [4.78, 5) is 14.3. The molecule has 0 unspecified atom stereocenters. The summed E-state index contributed by atoms with van der Waals surface area (Å²) in [6.45, 7) is 0.422. The van der Waals surface area contributed by atoms with Gasteiger partial charge in [-0.15, -0.1) is 11.3 Å². The van der Waals surface area contributed by atoms with E-state index >= 15 is 0 Å². The molecule has 0 radical (unpaired) electrons. The molecule has 100 valence electrons. The molecule has 2 rings (SSSR count). The SMILES string of the molecule is O=[N+]([O-])c1cc(Cl)c(F)cc1NCCc1cscn1. The van der Waals surface area contributed by atoms with Gasteiger partial charge in [-0.05, 0) is 0 Å². The molecule has 1 N–H and O–H groups in total. The number of hydrogen-bond acceptors (Lipinski definition) is 5. The molecule has 1 heterocycles. The lowest BCUT2D eigenvalue weighted by molar-refractivity contribution is -0.384. The van der Waals surface area contributed by atoms with Crippen molar-refractivity contribution >= 4 is 34.3 Å². The number of rotatable bonds is 5. The van der Waals surface area contributed by atoms with Crippen molar-refractivity contribution in [2.75, 3.05) is 11.9 Å². The highest BCUT2D eigenvalue weighted by Crippen LogP contribution is 2.30. The molecule has 8 heteroatoms. The van der Waals surface area contributed by atoms with Crippen molar-refractivity contribution in [3.05, 3.63) is 49.7 Å². The number of aromatic nitrogens is 1. The van der Waals surface area contributed by atoms with Crippen molar-refractivity contribution in [2.24, 2.45) is 0 Å². The van der Waals surface area contributed by atoms with Crippen LogP contribution >= 0.6 is 22.9 Å². The van der Waals surface area contributed by atoms with Gasteiger partial charge in [0.1, 0.15) is 11.5 Å². The molecule has 0 saturated heterocycles. The molecule has 2 aromatic rings. The number of benzene rings is 1. The Bertz CT molecular complexity index is 592. The zero-order valence-electron chi connectivity index (χ0n) is 9.60. The maximum Gasteiger partial charge on any atom is 0.294 e. The third-order valence-electron chi connectivity index (χ3n) is 2.42. The van der Waals surface area contributed by atoms with Crippen LogP contribution < -0.4 is 5.32 Å². The van der Waals surface area contributed by atoms with Gasteiger partial charge in [0, 0.05) is 30.5 Å². The third kappa shape index (κ3) is 3.39. The van der Waals surface area contributed by atoms with E-state index in [1.807, 2.05) is 5.38 Å². The minimum Gasteiger partial charge on any atom is -0.379 e. The lowest BCUT2D eigenvalue weighted by Crippen LogP contribution is -2.07. The van der Waals surface area contributed by atoms with E-state index in [1.54, 1.807) is 5.51 Å². The van der Waals surface area contributed by atoms with E-state index in [-0.39, 0.29) is 16.4 Å². The molecule has 0 fully saturated rings. The monoisotopic (exact) mass is 301 g/mol. The molecule has 0 bridgehead atoms. The number of anilines is 1. The molecule has 0 saturated carbocycles. The van der Waals surface area contributed by atoms with Crippen LogP contribution in [-0.4, -0.2) is 16.5 Å². The topological polar surface area (TPSA) is 68.1 Å². The molecular weight excluding hydrogens is 293 g/mol. The van der Waals surface area contributed by atoms with E-state index in [4.69, 9.17) is 11.6 Å². The Morgan fingerprint density at radius 2 is 2.32 bits per heavy atom. The Balaban J connectivity index is 2.10. The Kier molecular flexibility index (Phi) is 4.28. The van der Waals surface area contributed by atoms with Crippen LogP contribution in [-0.2, 0) is 6.42 Å². The molecule has 0 aliphatic heterocycles. The quantitative estimate of drug-likeness (QED) is 0.678. The first-order valence-electron chi connectivity index (χ1n) is 5.32. The molecule has 0 amide bonds. The van der Waals surface area contributed by atoms with Crippen LogP contribution in [0.15, 0.2) is 23.0 Å². The summed E-state index contributed by atoms with van der Waals surface area (Å²) in [6.07, 6.45) is 0.602. The molecule has 0 spiro atoms. The van der Waals surface area contributed by atoms with Crippen LogP contribution in [0.2, 0.25) is 5.02 Å². The van der Waals surface area contributed by atoms with Gasteiger partial charge in [-0.25, -0.2) is 9.37 Å². The van der Waals surface area contributed by atoms with Gasteiger partial charge in [0.2, 0.25) is 0 Å². The van der Waals surface area contributed by atoms with Crippen LogP contribution in [0.3, 0.4) is 0 Å². The Morgan fingerprint density at radius 1 is 1.53 bits per heavy atom. The van der Waals surface area contributed by atoms with Gasteiger partial charge in [-0.1, -0.05) is 11.6 Å². The number of thiazole rings is 1. The Hall–Kier alpha value is -1.73. The number of hydrogen-bond donors (Lipinski definition) is 1. The Labute approximate surface area is 117 Å². The highest BCUT2D eigenvalue weighted by atomic mass is 35.5. The highest BCUT2D eigenvalue weighted by molar-refractivity contribution is 7.07. The van der Waals surface area contributed by atoms with Crippen molar-refractivity contribution in [3.63, 3.8) is 0 Å². The van der Waals surface area contributed by atoms with Crippen LogP contribution in [0.5, 0.6) is 0 Å². The van der Waals surface area contributed by atoms with Gasteiger partial charge in [0.15, 0.2) is 0 Å². The predicted octanol–water partition coefficient (Wildman–Crippen LogP) is 3.50. The average molecular weight is 302 g/mol. The summed E-state index contributed by atoms with van der Waals surface area (Å²) in [6, 6.07) is 2.03. The lowest BCUT2D eigenvalue weighted by Gasteiger charge is -2.07. The number of nitro benzene ring substituents is 1. The fourth-order valence-electron chi connectivity index (χ4n) is 1.52. The third-order valence-corrected chi connectivity index (χ3v) is 3.34. The number of nitrogens with zero attached hydrogens (tertiary/aromatic N) is 2. The fraction of sp³-hybridized carbons (Fsp3) is 0.182. The standard InChI is InChI=1S/C11H9ClFN3O2S/c12-8-3-11(16(17)18)10(4-9(8)13)14-2-1-7-5-19-6-15-7/h3-6,14H,1-2H2. The van der Waals surface area contributed by atoms with Crippen molar-refractivity contribution in [2.45, 2.75) is 6.42 Å². The van der Waals surface area contributed by atoms with Gasteiger partial charge >= 0.3 is 0 Å². The van der Waals surface area contributed by atoms with Gasteiger partial charge < -0.3 is 5.32 Å². The molecule has 0 aliphatic rings. The van der Waals surface area contributed by atoms with Crippen LogP contribution in [0.25, 0.3) is 0 Å². The molecule has 5 nitrogen and oxygen atoms in total. The van der Waals surface area contributed by atoms with Crippen molar-refractivity contribution < 1.29 is 9.31 Å². The van der Waals surface area contributed by atoms with E-state index in [9.17, 15) is 14.5 Å². The summed E-state index contributed by atoms with van der Waals surface area (Å²) < 4.78 is 13.3. The summed E-state index contributed by atoms with van der Waals surface area (Å²) in [7, 11) is 0. The van der Waals surface area contributed by atoms with Crippen LogP contribution in [0, 0.1) is 15.9 Å². The molecular formula is C11H9ClFN3O2S. The molecule has 19 heavy (non-hydrogen) atoms. The van der Waals surface area contributed by atoms with E-state index in [1.165, 1.54) is 11.3 Å². The minimum atomic E-state index is -0.691. The van der Waals surface area contributed by atoms with Crippen LogP contribution in [0.1, 0.15) is 5.69 Å². The summed E-state index contributed by atoms with van der Waals surface area (Å²) >= 11 is 7.00. The predicted molar refractivity (Wildman–Crippen MR) is 72.4 cm³/mol. The van der Waals surface area contributed by atoms with Crippen molar-refractivity contribution in [1.29, 1.82) is 0 Å². The number of nitro groups is 1. The van der Waals surface area contributed by atoms with Gasteiger partial charge in [-0.3, -0.25) is 10.1 Å². The molecule has 1 aromatic carbocycles. The first-order valence-corrected chi connectivity index (χ1v) is 6.64. The second-order valence-corrected chi connectivity index (χ2v) is 4.82. The van der Waals surface area contributed by atoms with Gasteiger partial charge in [-0.2, -0.15) is 0 Å². The zero-order valence-corrected chi connectivity index (χ0v) is 11.2. The van der Waals surface area contributed by atoms with Crippen LogP contribution in [0.4, 0.5) is 15.8 Å². The molecule has 1 aromatic heterocycles. The maximum absolute atomic E-state index is 13.3. The number of halogens is 2. The smallest absolute Gasteiger partial charge is 0.294 e. The van der Waals surface area contributed by atoms with E-state index < -0.39 is 10.7 Å². The highest BCUT2D eigenvalue weighted by Gasteiger charge is 2.17. The number of nitrogens with one attached hydrogen (secondary N) is 1. The maximum atomic E-state index is 13.3. The first kappa shape index (κ1) is 13.7. The normalized spacial score (nSPS) is 10.4. The molecule has 0 atom stereocenters. The molecule has 0 aliphatic carbocycles. The average Bonchev–Trinajstić information content (AvgIpc) is 2.86. The fourth-order valence-corrected chi connectivity index (χ4v) is 2.27. The second-order valence-electron chi connectivity index (χ2n) is 3.70. The van der Waals surface area contributed by atoms with E-state index in [0.717, 1.165) is 17.8 Å². The summed E-state index contributed by atoms with van der Waals surface area (Å²) in [5.74, 6) is -0.691. The zero-order chi connectivity index (χ0) is 13.8. The second kappa shape index (κ2) is 5.94. The van der Waals surface area contributed by atoms with Gasteiger partial charge in [0.25, 0.3) is 5.69 Å². The van der Waals surface area contributed by atoms with E-state index in [2.05, 4.69) is 10.3 Å². The summed E-state index contributed by atoms with van der Waals surface area (Å²) in [5.41, 5.74) is 2.46. The largest absolute Gasteiger partial charge is 0.379 e. The lowest BCUT2D eigenvalue weighted by atomic mass is 10.2. The van der Waals surface area contributed by atoms with Crippen molar-refractivity contribution in [3.8, 4) is 0 Å². The van der Waals surface area contributed by atoms with E-state index in [0.29, 0.717) is 13.0 Å². The Morgan fingerprint density at radius 3 is 2.95 bits per heavy atom. The minimum absolute atomic E-state index is 0.113. The summed E-state index contributed by atoms with van der Waals surface area (Å²) in [5, 5.41) is 15.3. The van der Waals surface area contributed by atoms with Gasteiger partial charge in [0.05, 0.1) is 21.2 Å².